The van der Waals surface area contributed by atoms with Crippen molar-refractivity contribution in [2.45, 2.75) is 12.3 Å². The number of hydrogen-bond acceptors (Lipinski definition) is 5. The average molecular weight is 370 g/mol. The maximum absolute atomic E-state index is 12.4. The molecule has 1 amide bonds. The molecule has 4 rings (SSSR count). The van der Waals surface area contributed by atoms with E-state index in [1.807, 2.05) is 42.5 Å². The number of rotatable bonds is 4. The van der Waals surface area contributed by atoms with Crippen LogP contribution in [-0.4, -0.2) is 29.7 Å². The molecular weight excluding hydrogens is 354 g/mol. The Labute approximate surface area is 155 Å². The number of methoxy groups -OCH3 is 1. The molecule has 0 saturated carbocycles. The number of ether oxygens (including phenoxy) is 1. The molecule has 1 aliphatic heterocycles. The van der Waals surface area contributed by atoms with Crippen LogP contribution in [0.3, 0.4) is 0 Å². The predicted octanol–water partition coefficient (Wildman–Crippen LogP) is 3.92. The lowest BCUT2D eigenvalue weighted by molar-refractivity contribution is -0.117. The van der Waals surface area contributed by atoms with Gasteiger partial charge in [-0.3, -0.25) is 4.79 Å². The van der Waals surface area contributed by atoms with Crippen molar-refractivity contribution in [1.29, 1.82) is 0 Å². The fraction of sp³-hybridized carbons (Fsp3) is 0.211. The van der Waals surface area contributed by atoms with E-state index in [1.165, 1.54) is 0 Å². The van der Waals surface area contributed by atoms with Crippen molar-refractivity contribution in [3.63, 3.8) is 0 Å². The Kier molecular flexibility index (Phi) is 4.34. The van der Waals surface area contributed by atoms with E-state index in [0.717, 1.165) is 11.3 Å². The van der Waals surface area contributed by atoms with Crippen LogP contribution in [0.4, 0.5) is 5.69 Å². The monoisotopic (exact) mass is 369 g/mol. The van der Waals surface area contributed by atoms with Crippen LogP contribution in [0.2, 0.25) is 5.02 Å². The van der Waals surface area contributed by atoms with Gasteiger partial charge in [-0.15, -0.1) is 0 Å². The summed E-state index contributed by atoms with van der Waals surface area (Å²) in [6.45, 7) is 0.461. The Morgan fingerprint density at radius 1 is 1.23 bits per heavy atom. The Hall–Kier alpha value is -2.86. The fourth-order valence-electron chi connectivity index (χ4n) is 3.06. The summed E-state index contributed by atoms with van der Waals surface area (Å²) in [5.74, 6) is 1.47. The highest BCUT2D eigenvalue weighted by Crippen LogP contribution is 2.35. The van der Waals surface area contributed by atoms with Crippen molar-refractivity contribution in [1.82, 2.24) is 10.1 Å². The first-order valence-electron chi connectivity index (χ1n) is 8.18. The van der Waals surface area contributed by atoms with E-state index in [4.69, 9.17) is 20.9 Å². The van der Waals surface area contributed by atoms with Gasteiger partial charge >= 0.3 is 0 Å². The van der Waals surface area contributed by atoms with Gasteiger partial charge < -0.3 is 14.2 Å². The fourth-order valence-corrected chi connectivity index (χ4v) is 3.29. The van der Waals surface area contributed by atoms with Crippen LogP contribution in [0.15, 0.2) is 53.1 Å². The molecule has 3 aromatic rings. The summed E-state index contributed by atoms with van der Waals surface area (Å²) in [6, 6.07) is 14.7. The van der Waals surface area contributed by atoms with Gasteiger partial charge in [-0.1, -0.05) is 41.0 Å². The number of anilines is 1. The number of halogens is 1. The van der Waals surface area contributed by atoms with E-state index in [0.29, 0.717) is 35.4 Å². The minimum absolute atomic E-state index is 0.00997. The first kappa shape index (κ1) is 16.6. The topological polar surface area (TPSA) is 68.5 Å². The molecule has 1 fully saturated rings. The Balaban J connectivity index is 1.57. The van der Waals surface area contributed by atoms with Crippen molar-refractivity contribution in [2.75, 3.05) is 18.6 Å². The molecule has 2 heterocycles. The number of hydrogen-bond donors (Lipinski definition) is 0. The Bertz CT molecular complexity index is 956. The van der Waals surface area contributed by atoms with E-state index in [2.05, 4.69) is 10.1 Å². The third-order valence-corrected chi connectivity index (χ3v) is 4.71. The number of nitrogens with zero attached hydrogens (tertiary/aromatic N) is 3. The molecular formula is C19H16ClN3O3. The zero-order chi connectivity index (χ0) is 18.1. The van der Waals surface area contributed by atoms with Crippen LogP contribution in [0.1, 0.15) is 18.2 Å². The third kappa shape index (κ3) is 3.04. The zero-order valence-corrected chi connectivity index (χ0v) is 14.8. The average Bonchev–Trinajstić information content (AvgIpc) is 3.29. The van der Waals surface area contributed by atoms with Gasteiger partial charge in [-0.05, 0) is 24.3 Å². The van der Waals surface area contributed by atoms with Gasteiger partial charge in [0.1, 0.15) is 5.75 Å². The predicted molar refractivity (Wildman–Crippen MR) is 97.4 cm³/mol. The van der Waals surface area contributed by atoms with Crippen LogP contribution >= 0.6 is 11.6 Å². The standard InChI is InChI=1S/C19H16ClN3O3/c1-25-14-6-4-5-12(9-14)18-21-19(26-22-18)13-10-17(24)23(11-13)16-8-3-2-7-15(16)20/h2-9,13H,10-11H2,1H3. The van der Waals surface area contributed by atoms with Crippen molar-refractivity contribution >= 4 is 23.2 Å². The third-order valence-electron chi connectivity index (χ3n) is 4.39. The minimum atomic E-state index is -0.161. The lowest BCUT2D eigenvalue weighted by Gasteiger charge is -2.17. The molecule has 1 atom stereocenters. The Morgan fingerprint density at radius 3 is 2.88 bits per heavy atom. The summed E-state index contributed by atoms with van der Waals surface area (Å²) >= 11 is 6.22. The van der Waals surface area contributed by atoms with Crippen molar-refractivity contribution < 1.29 is 14.1 Å². The quantitative estimate of drug-likeness (QED) is 0.697. The van der Waals surface area contributed by atoms with E-state index in [-0.39, 0.29) is 11.8 Å². The van der Waals surface area contributed by atoms with E-state index in [1.54, 1.807) is 18.1 Å². The smallest absolute Gasteiger partial charge is 0.232 e. The second-order valence-corrected chi connectivity index (χ2v) is 6.45. The Morgan fingerprint density at radius 2 is 2.08 bits per heavy atom. The van der Waals surface area contributed by atoms with Gasteiger partial charge in [0.25, 0.3) is 0 Å². The van der Waals surface area contributed by atoms with Crippen molar-refractivity contribution in [2.24, 2.45) is 0 Å². The first-order chi connectivity index (χ1) is 12.7. The second-order valence-electron chi connectivity index (χ2n) is 6.04. The van der Waals surface area contributed by atoms with Gasteiger partial charge in [0.15, 0.2) is 0 Å². The molecule has 7 heteroatoms. The number of benzene rings is 2. The zero-order valence-electron chi connectivity index (χ0n) is 14.1. The number of carbonyl (C=O) groups excluding carboxylic acids is 1. The van der Waals surface area contributed by atoms with Crippen LogP contribution in [-0.2, 0) is 4.79 Å². The summed E-state index contributed by atoms with van der Waals surface area (Å²) < 4.78 is 10.6. The molecule has 2 aromatic carbocycles. The molecule has 6 nitrogen and oxygen atoms in total. The van der Waals surface area contributed by atoms with Crippen LogP contribution < -0.4 is 9.64 Å². The molecule has 0 spiro atoms. The minimum Gasteiger partial charge on any atom is -0.497 e. The highest BCUT2D eigenvalue weighted by Gasteiger charge is 2.35. The molecule has 0 N–H and O–H groups in total. The number of para-hydroxylation sites is 1. The summed E-state index contributed by atoms with van der Waals surface area (Å²) in [5, 5.41) is 4.59. The largest absolute Gasteiger partial charge is 0.497 e. The summed E-state index contributed by atoms with van der Waals surface area (Å²) in [7, 11) is 1.61. The van der Waals surface area contributed by atoms with E-state index >= 15 is 0 Å². The number of amides is 1. The molecule has 1 aromatic heterocycles. The number of carbonyl (C=O) groups is 1. The van der Waals surface area contributed by atoms with Gasteiger partial charge in [0, 0.05) is 18.5 Å². The van der Waals surface area contributed by atoms with Crippen molar-refractivity contribution in [3.05, 3.63) is 59.4 Å². The number of aromatic nitrogens is 2. The van der Waals surface area contributed by atoms with Gasteiger partial charge in [-0.2, -0.15) is 4.98 Å². The van der Waals surface area contributed by atoms with E-state index < -0.39 is 0 Å². The molecule has 0 bridgehead atoms. The lowest BCUT2D eigenvalue weighted by Crippen LogP contribution is -2.24. The molecule has 1 aliphatic rings. The van der Waals surface area contributed by atoms with Crippen molar-refractivity contribution in [3.8, 4) is 17.1 Å². The summed E-state index contributed by atoms with van der Waals surface area (Å²) in [4.78, 5) is 18.6. The maximum Gasteiger partial charge on any atom is 0.232 e. The summed E-state index contributed by atoms with van der Waals surface area (Å²) in [5.41, 5.74) is 1.50. The SMILES string of the molecule is COc1cccc(-c2noc(C3CC(=O)N(c4ccccc4Cl)C3)n2)c1. The van der Waals surface area contributed by atoms with Crippen LogP contribution in [0, 0.1) is 0 Å². The van der Waals surface area contributed by atoms with Gasteiger partial charge in [0.05, 0.1) is 23.7 Å². The lowest BCUT2D eigenvalue weighted by atomic mass is 10.1. The molecule has 132 valence electrons. The normalized spacial score (nSPS) is 16.9. The second kappa shape index (κ2) is 6.80. The molecule has 1 saturated heterocycles. The molecule has 26 heavy (non-hydrogen) atoms. The highest BCUT2D eigenvalue weighted by atomic mass is 35.5. The van der Waals surface area contributed by atoms with Gasteiger partial charge in [-0.25, -0.2) is 0 Å². The molecule has 0 aliphatic carbocycles. The van der Waals surface area contributed by atoms with Crippen LogP contribution in [0.25, 0.3) is 11.4 Å². The molecule has 1 unspecified atom stereocenters. The van der Waals surface area contributed by atoms with E-state index in [9.17, 15) is 4.79 Å². The summed E-state index contributed by atoms with van der Waals surface area (Å²) in [6.07, 6.45) is 0.310. The highest BCUT2D eigenvalue weighted by molar-refractivity contribution is 6.33. The molecule has 0 radical (unpaired) electrons. The van der Waals surface area contributed by atoms with Crippen LogP contribution in [0.5, 0.6) is 5.75 Å². The van der Waals surface area contributed by atoms with Gasteiger partial charge in [0.2, 0.25) is 17.6 Å². The first-order valence-corrected chi connectivity index (χ1v) is 8.56. The maximum atomic E-state index is 12.4.